The summed E-state index contributed by atoms with van der Waals surface area (Å²) in [5.74, 6) is 0.0585. The second kappa shape index (κ2) is 7.30. The predicted molar refractivity (Wildman–Crippen MR) is 71.0 cm³/mol. The van der Waals surface area contributed by atoms with Crippen LogP contribution in [0.3, 0.4) is 0 Å². The van der Waals surface area contributed by atoms with Crippen molar-refractivity contribution in [3.63, 3.8) is 0 Å². The summed E-state index contributed by atoms with van der Waals surface area (Å²) in [5.41, 5.74) is 1.05. The van der Waals surface area contributed by atoms with Gasteiger partial charge in [-0.3, -0.25) is 4.79 Å². The number of hydrogen-bond donors (Lipinski definition) is 2. The van der Waals surface area contributed by atoms with Gasteiger partial charge in [-0.1, -0.05) is 37.6 Å². The van der Waals surface area contributed by atoms with Gasteiger partial charge in [0.1, 0.15) is 0 Å². The molecule has 1 atom stereocenters. The van der Waals surface area contributed by atoms with Gasteiger partial charge in [-0.05, 0) is 24.2 Å². The lowest BCUT2D eigenvalue weighted by Gasteiger charge is -2.12. The third-order valence-corrected chi connectivity index (χ3v) is 2.78. The lowest BCUT2D eigenvalue weighted by Crippen LogP contribution is -2.34. The van der Waals surface area contributed by atoms with E-state index in [2.05, 4.69) is 10.6 Å². The summed E-state index contributed by atoms with van der Waals surface area (Å²) in [4.78, 5) is 11.7. The Balaban J connectivity index is 2.34. The molecule has 0 heterocycles. The van der Waals surface area contributed by atoms with Crippen LogP contribution in [-0.2, 0) is 11.3 Å². The highest BCUT2D eigenvalue weighted by molar-refractivity contribution is 6.30. The van der Waals surface area contributed by atoms with Gasteiger partial charge >= 0.3 is 0 Å². The van der Waals surface area contributed by atoms with E-state index in [1.807, 2.05) is 38.1 Å². The Bertz CT molecular complexity index is 351. The van der Waals surface area contributed by atoms with Gasteiger partial charge in [0.25, 0.3) is 0 Å². The number of halogens is 1. The molecule has 0 saturated carbocycles. The Hall–Kier alpha value is -1.06. The first-order valence-corrected chi connectivity index (χ1v) is 6.24. The number of rotatable bonds is 6. The fourth-order valence-electron chi connectivity index (χ4n) is 1.42. The standard InChI is InChI=1S/C13H19ClN2O/c1-3-15-8-10(2)13(17)16-9-11-4-6-12(14)7-5-11/h4-7,10,15H,3,8-9H2,1-2H3,(H,16,17). The van der Waals surface area contributed by atoms with Crippen LogP contribution in [-0.4, -0.2) is 19.0 Å². The first-order chi connectivity index (χ1) is 8.13. The third kappa shape index (κ3) is 5.20. The van der Waals surface area contributed by atoms with Gasteiger partial charge in [0, 0.05) is 24.0 Å². The molecule has 2 N–H and O–H groups in total. The number of benzene rings is 1. The van der Waals surface area contributed by atoms with Gasteiger partial charge in [-0.2, -0.15) is 0 Å². The lowest BCUT2D eigenvalue weighted by atomic mass is 10.1. The van der Waals surface area contributed by atoms with E-state index in [-0.39, 0.29) is 11.8 Å². The van der Waals surface area contributed by atoms with Crippen molar-refractivity contribution in [1.29, 1.82) is 0 Å². The van der Waals surface area contributed by atoms with Crippen molar-refractivity contribution in [2.45, 2.75) is 20.4 Å². The molecule has 17 heavy (non-hydrogen) atoms. The minimum atomic E-state index is -0.0118. The van der Waals surface area contributed by atoms with Crippen LogP contribution in [0.5, 0.6) is 0 Å². The third-order valence-electron chi connectivity index (χ3n) is 2.53. The zero-order chi connectivity index (χ0) is 12.7. The average molecular weight is 255 g/mol. The van der Waals surface area contributed by atoms with E-state index in [1.165, 1.54) is 0 Å². The maximum atomic E-state index is 11.7. The normalized spacial score (nSPS) is 12.2. The van der Waals surface area contributed by atoms with Crippen LogP contribution in [0.25, 0.3) is 0 Å². The molecule has 0 spiro atoms. The number of nitrogens with one attached hydrogen (secondary N) is 2. The molecule has 1 rings (SSSR count). The SMILES string of the molecule is CCNCC(C)C(=O)NCc1ccc(Cl)cc1. The molecule has 1 unspecified atom stereocenters. The summed E-state index contributed by atoms with van der Waals surface area (Å²) in [6.07, 6.45) is 0. The zero-order valence-corrected chi connectivity index (χ0v) is 11.1. The molecule has 0 bridgehead atoms. The van der Waals surface area contributed by atoms with E-state index in [1.54, 1.807) is 0 Å². The molecule has 0 aromatic heterocycles. The Morgan fingerprint density at radius 2 is 2.00 bits per heavy atom. The Labute approximate surface area is 108 Å². The van der Waals surface area contributed by atoms with Crippen LogP contribution < -0.4 is 10.6 Å². The van der Waals surface area contributed by atoms with Crippen LogP contribution in [0.1, 0.15) is 19.4 Å². The highest BCUT2D eigenvalue weighted by Gasteiger charge is 2.11. The van der Waals surface area contributed by atoms with Gasteiger partial charge < -0.3 is 10.6 Å². The van der Waals surface area contributed by atoms with Crippen LogP contribution in [0.2, 0.25) is 5.02 Å². The first kappa shape index (κ1) is 14.0. The smallest absolute Gasteiger partial charge is 0.224 e. The van der Waals surface area contributed by atoms with E-state index in [0.717, 1.165) is 12.1 Å². The summed E-state index contributed by atoms with van der Waals surface area (Å²) in [5, 5.41) is 6.77. The van der Waals surface area contributed by atoms with E-state index < -0.39 is 0 Å². The second-order valence-corrected chi connectivity index (χ2v) is 4.49. The maximum absolute atomic E-state index is 11.7. The molecule has 1 amide bonds. The Morgan fingerprint density at radius 1 is 1.35 bits per heavy atom. The van der Waals surface area contributed by atoms with Crippen molar-refractivity contribution in [1.82, 2.24) is 10.6 Å². The van der Waals surface area contributed by atoms with Crippen molar-refractivity contribution in [2.24, 2.45) is 5.92 Å². The quantitative estimate of drug-likeness (QED) is 0.817. The monoisotopic (exact) mass is 254 g/mol. The molecular weight excluding hydrogens is 236 g/mol. The Morgan fingerprint density at radius 3 is 2.59 bits per heavy atom. The predicted octanol–water partition coefficient (Wildman–Crippen LogP) is 2.20. The van der Waals surface area contributed by atoms with E-state index in [9.17, 15) is 4.79 Å². The summed E-state index contributed by atoms with van der Waals surface area (Å²) in [6, 6.07) is 7.48. The zero-order valence-electron chi connectivity index (χ0n) is 10.3. The summed E-state index contributed by atoms with van der Waals surface area (Å²) < 4.78 is 0. The van der Waals surface area contributed by atoms with Gasteiger partial charge in [0.15, 0.2) is 0 Å². The molecule has 0 aliphatic carbocycles. The number of carbonyl (C=O) groups is 1. The number of hydrogen-bond acceptors (Lipinski definition) is 2. The van der Waals surface area contributed by atoms with Crippen LogP contribution in [0, 0.1) is 5.92 Å². The van der Waals surface area contributed by atoms with Crippen molar-refractivity contribution in [3.05, 3.63) is 34.9 Å². The summed E-state index contributed by atoms with van der Waals surface area (Å²) in [6.45, 7) is 6.09. The molecule has 0 aliphatic rings. The van der Waals surface area contributed by atoms with Crippen molar-refractivity contribution in [2.75, 3.05) is 13.1 Å². The molecule has 1 aromatic rings. The van der Waals surface area contributed by atoms with Crippen LogP contribution in [0.4, 0.5) is 0 Å². The molecule has 0 fully saturated rings. The van der Waals surface area contributed by atoms with Gasteiger partial charge in [0.05, 0.1) is 0 Å². The molecule has 0 saturated heterocycles. The van der Waals surface area contributed by atoms with Crippen LogP contribution >= 0.6 is 11.6 Å². The summed E-state index contributed by atoms with van der Waals surface area (Å²) in [7, 11) is 0. The van der Waals surface area contributed by atoms with Crippen molar-refractivity contribution >= 4 is 17.5 Å². The van der Waals surface area contributed by atoms with E-state index in [0.29, 0.717) is 18.1 Å². The maximum Gasteiger partial charge on any atom is 0.224 e. The van der Waals surface area contributed by atoms with Gasteiger partial charge in [-0.15, -0.1) is 0 Å². The van der Waals surface area contributed by atoms with Crippen molar-refractivity contribution < 1.29 is 4.79 Å². The van der Waals surface area contributed by atoms with E-state index >= 15 is 0 Å². The van der Waals surface area contributed by atoms with Crippen LogP contribution in [0.15, 0.2) is 24.3 Å². The highest BCUT2D eigenvalue weighted by Crippen LogP contribution is 2.09. The van der Waals surface area contributed by atoms with Crippen molar-refractivity contribution in [3.8, 4) is 0 Å². The molecule has 4 heteroatoms. The first-order valence-electron chi connectivity index (χ1n) is 5.86. The Kier molecular flexibility index (Phi) is 6.01. The largest absolute Gasteiger partial charge is 0.352 e. The minimum absolute atomic E-state index is 0.0118. The molecule has 0 radical (unpaired) electrons. The number of carbonyl (C=O) groups excluding carboxylic acids is 1. The summed E-state index contributed by atoms with van der Waals surface area (Å²) >= 11 is 5.79. The molecule has 0 aliphatic heterocycles. The lowest BCUT2D eigenvalue weighted by molar-refractivity contribution is -0.124. The minimum Gasteiger partial charge on any atom is -0.352 e. The van der Waals surface area contributed by atoms with E-state index in [4.69, 9.17) is 11.6 Å². The molecule has 3 nitrogen and oxygen atoms in total. The number of amides is 1. The molecule has 1 aromatic carbocycles. The molecular formula is C13H19ClN2O. The highest BCUT2D eigenvalue weighted by atomic mass is 35.5. The second-order valence-electron chi connectivity index (χ2n) is 4.05. The molecule has 94 valence electrons. The fraction of sp³-hybridized carbons (Fsp3) is 0.462. The average Bonchev–Trinajstić information content (AvgIpc) is 2.34. The van der Waals surface area contributed by atoms with Gasteiger partial charge in [0.2, 0.25) is 5.91 Å². The topological polar surface area (TPSA) is 41.1 Å². The fourth-order valence-corrected chi connectivity index (χ4v) is 1.55. The van der Waals surface area contributed by atoms with Gasteiger partial charge in [-0.25, -0.2) is 0 Å².